The van der Waals surface area contributed by atoms with Gasteiger partial charge in [-0.1, -0.05) is 30.3 Å². The summed E-state index contributed by atoms with van der Waals surface area (Å²) < 4.78 is 0. The van der Waals surface area contributed by atoms with Crippen molar-refractivity contribution in [1.82, 2.24) is 20.6 Å². The zero-order chi connectivity index (χ0) is 17.6. The molecule has 0 atom stereocenters. The fraction of sp³-hybridized carbons (Fsp3) is 0.389. The first-order chi connectivity index (χ1) is 12.1. The van der Waals surface area contributed by atoms with Crippen molar-refractivity contribution in [3.63, 3.8) is 0 Å². The summed E-state index contributed by atoms with van der Waals surface area (Å²) >= 11 is 0. The van der Waals surface area contributed by atoms with Gasteiger partial charge in [-0.25, -0.2) is 9.78 Å². The predicted octanol–water partition coefficient (Wildman–Crippen LogP) is 1.55. The van der Waals surface area contributed by atoms with E-state index in [1.165, 1.54) is 6.07 Å². The average molecular weight is 341 g/mol. The normalized spacial score (nSPS) is 15.0. The Kier molecular flexibility index (Phi) is 5.33. The Labute approximate surface area is 146 Å². The Morgan fingerprint density at radius 3 is 2.68 bits per heavy atom. The molecule has 0 bridgehead atoms. The Morgan fingerprint density at radius 2 is 2.00 bits per heavy atom. The summed E-state index contributed by atoms with van der Waals surface area (Å²) in [5, 5.41) is 5.90. The van der Waals surface area contributed by atoms with Crippen molar-refractivity contribution in [3.05, 3.63) is 58.0 Å². The molecule has 1 fully saturated rings. The van der Waals surface area contributed by atoms with Gasteiger partial charge in [0.05, 0.1) is 0 Å². The number of carbonyl (C=O) groups is 1. The molecule has 1 aromatic carbocycles. The van der Waals surface area contributed by atoms with E-state index in [-0.39, 0.29) is 17.6 Å². The number of H-pyrrole nitrogens is 1. The molecule has 0 spiro atoms. The molecule has 2 heterocycles. The first kappa shape index (κ1) is 17.0. The van der Waals surface area contributed by atoms with Crippen molar-refractivity contribution in [2.24, 2.45) is 0 Å². The number of carbonyl (C=O) groups excluding carboxylic acids is 1. The number of nitrogens with one attached hydrogen (secondary N) is 3. The van der Waals surface area contributed by atoms with E-state index < -0.39 is 0 Å². The smallest absolute Gasteiger partial charge is 0.315 e. The highest BCUT2D eigenvalue weighted by atomic mass is 16.2. The minimum atomic E-state index is -0.149. The first-order valence-electron chi connectivity index (χ1n) is 8.51. The minimum Gasteiger partial charge on any atom is -0.342 e. The number of anilines is 1. The predicted molar refractivity (Wildman–Crippen MR) is 96.6 cm³/mol. The molecule has 25 heavy (non-hydrogen) atoms. The number of rotatable bonds is 4. The van der Waals surface area contributed by atoms with Crippen LogP contribution in [0.25, 0.3) is 0 Å². The molecule has 3 N–H and O–H groups in total. The van der Waals surface area contributed by atoms with Crippen molar-refractivity contribution < 1.29 is 4.79 Å². The highest BCUT2D eigenvalue weighted by Crippen LogP contribution is 2.15. The Bertz CT molecular complexity index is 767. The molecule has 0 unspecified atom stereocenters. The van der Waals surface area contributed by atoms with Gasteiger partial charge >= 0.3 is 6.03 Å². The number of aromatic nitrogens is 2. The lowest BCUT2D eigenvalue weighted by Crippen LogP contribution is -2.48. The fourth-order valence-electron chi connectivity index (χ4n) is 2.96. The number of amides is 2. The molecule has 132 valence electrons. The summed E-state index contributed by atoms with van der Waals surface area (Å²) in [6.07, 6.45) is 1.63. The van der Waals surface area contributed by atoms with Crippen LogP contribution in [0.4, 0.5) is 10.7 Å². The summed E-state index contributed by atoms with van der Waals surface area (Å²) in [6, 6.07) is 11.3. The molecular weight excluding hydrogens is 318 g/mol. The van der Waals surface area contributed by atoms with Gasteiger partial charge in [-0.2, -0.15) is 0 Å². The third kappa shape index (κ3) is 4.82. The van der Waals surface area contributed by atoms with E-state index in [9.17, 15) is 9.59 Å². The number of aryl methyl sites for hydroxylation is 1. The molecule has 2 amide bonds. The van der Waals surface area contributed by atoms with Crippen LogP contribution < -0.4 is 21.1 Å². The maximum atomic E-state index is 12.0. The van der Waals surface area contributed by atoms with Crippen LogP contribution in [0.5, 0.6) is 0 Å². The second-order valence-electron chi connectivity index (χ2n) is 6.28. The van der Waals surface area contributed by atoms with E-state index in [0.29, 0.717) is 18.2 Å². The first-order valence-corrected chi connectivity index (χ1v) is 8.51. The van der Waals surface area contributed by atoms with E-state index >= 15 is 0 Å². The minimum absolute atomic E-state index is 0.128. The van der Waals surface area contributed by atoms with E-state index in [0.717, 1.165) is 31.5 Å². The lowest BCUT2D eigenvalue weighted by molar-refractivity contribution is 0.234. The lowest BCUT2D eigenvalue weighted by Gasteiger charge is -2.32. The number of piperidine rings is 1. The molecule has 1 aliphatic heterocycles. The van der Waals surface area contributed by atoms with Crippen LogP contribution in [0.2, 0.25) is 0 Å². The van der Waals surface area contributed by atoms with E-state index in [2.05, 4.69) is 25.5 Å². The molecule has 3 rings (SSSR count). The molecule has 7 nitrogen and oxygen atoms in total. The average Bonchev–Trinajstić information content (AvgIpc) is 2.61. The summed E-state index contributed by atoms with van der Waals surface area (Å²) in [5.41, 5.74) is 1.64. The van der Waals surface area contributed by atoms with Gasteiger partial charge in [-0.15, -0.1) is 0 Å². The van der Waals surface area contributed by atoms with Crippen molar-refractivity contribution in [2.75, 3.05) is 18.0 Å². The number of hydrogen-bond acceptors (Lipinski definition) is 4. The van der Waals surface area contributed by atoms with Gasteiger partial charge in [0.2, 0.25) is 5.95 Å². The van der Waals surface area contributed by atoms with Crippen LogP contribution in [0.1, 0.15) is 24.1 Å². The van der Waals surface area contributed by atoms with Crippen molar-refractivity contribution >= 4 is 12.0 Å². The van der Waals surface area contributed by atoms with Crippen LogP contribution in [0, 0.1) is 6.92 Å². The molecule has 2 aromatic rings. The number of nitrogens with zero attached hydrogens (tertiary/aromatic N) is 2. The number of benzene rings is 1. The second-order valence-corrected chi connectivity index (χ2v) is 6.28. The Balaban J connectivity index is 1.46. The SMILES string of the molecule is Cc1cc(=O)[nH]c(N2CCC(NC(=O)NCc3ccccc3)CC2)n1. The van der Waals surface area contributed by atoms with Crippen LogP contribution in [-0.4, -0.2) is 35.1 Å². The fourth-order valence-corrected chi connectivity index (χ4v) is 2.96. The molecule has 1 aliphatic rings. The van der Waals surface area contributed by atoms with E-state index in [4.69, 9.17) is 0 Å². The van der Waals surface area contributed by atoms with Gasteiger partial charge in [-0.3, -0.25) is 9.78 Å². The van der Waals surface area contributed by atoms with Crippen LogP contribution in [0.15, 0.2) is 41.2 Å². The van der Waals surface area contributed by atoms with Gasteiger partial charge in [-0.05, 0) is 25.3 Å². The third-order valence-corrected chi connectivity index (χ3v) is 4.28. The molecule has 1 aromatic heterocycles. The van der Waals surface area contributed by atoms with Crippen LogP contribution in [0.3, 0.4) is 0 Å². The van der Waals surface area contributed by atoms with Crippen molar-refractivity contribution in [2.45, 2.75) is 32.4 Å². The molecule has 7 heteroatoms. The number of urea groups is 1. The van der Waals surface area contributed by atoms with Gasteiger partial charge in [0.15, 0.2) is 0 Å². The highest BCUT2D eigenvalue weighted by Gasteiger charge is 2.22. The lowest BCUT2D eigenvalue weighted by atomic mass is 10.1. The van der Waals surface area contributed by atoms with Crippen LogP contribution >= 0.6 is 0 Å². The summed E-state index contributed by atoms with van der Waals surface area (Å²) in [4.78, 5) is 32.8. The standard InChI is InChI=1S/C18H23N5O2/c1-13-11-16(24)22-17(20-13)23-9-7-15(8-10-23)21-18(25)19-12-14-5-3-2-4-6-14/h2-6,11,15H,7-10,12H2,1H3,(H2,19,21,25)(H,20,22,24). The van der Waals surface area contributed by atoms with Crippen LogP contribution in [-0.2, 0) is 6.54 Å². The molecule has 0 aliphatic carbocycles. The summed E-state index contributed by atoms with van der Waals surface area (Å²) in [6.45, 7) is 3.82. The summed E-state index contributed by atoms with van der Waals surface area (Å²) in [5.74, 6) is 0.608. The maximum absolute atomic E-state index is 12.0. The quantitative estimate of drug-likeness (QED) is 0.787. The van der Waals surface area contributed by atoms with E-state index in [1.807, 2.05) is 37.3 Å². The third-order valence-electron chi connectivity index (χ3n) is 4.28. The molecule has 1 saturated heterocycles. The maximum Gasteiger partial charge on any atom is 0.315 e. The number of aromatic amines is 1. The topological polar surface area (TPSA) is 90.1 Å². The van der Waals surface area contributed by atoms with Crippen molar-refractivity contribution in [3.8, 4) is 0 Å². The molecule has 0 saturated carbocycles. The molecule has 0 radical (unpaired) electrons. The second kappa shape index (κ2) is 7.83. The Morgan fingerprint density at radius 1 is 1.28 bits per heavy atom. The zero-order valence-corrected chi connectivity index (χ0v) is 14.3. The monoisotopic (exact) mass is 341 g/mol. The zero-order valence-electron chi connectivity index (χ0n) is 14.3. The molecular formula is C18H23N5O2. The van der Waals surface area contributed by atoms with Gasteiger partial charge < -0.3 is 15.5 Å². The van der Waals surface area contributed by atoms with E-state index in [1.54, 1.807) is 0 Å². The van der Waals surface area contributed by atoms with Gasteiger partial charge in [0.25, 0.3) is 5.56 Å². The highest BCUT2D eigenvalue weighted by molar-refractivity contribution is 5.74. The summed E-state index contributed by atoms with van der Waals surface area (Å²) in [7, 11) is 0. The van der Waals surface area contributed by atoms with Gasteiger partial charge in [0.1, 0.15) is 0 Å². The largest absolute Gasteiger partial charge is 0.342 e. The van der Waals surface area contributed by atoms with Gasteiger partial charge in [0, 0.05) is 37.4 Å². The Hall–Kier alpha value is -2.83. The number of hydrogen-bond donors (Lipinski definition) is 3. The van der Waals surface area contributed by atoms with Crippen molar-refractivity contribution in [1.29, 1.82) is 0 Å².